The Bertz CT molecular complexity index is 523. The van der Waals surface area contributed by atoms with Crippen molar-refractivity contribution < 1.29 is 0 Å². The first-order valence-electron chi connectivity index (χ1n) is 4.52. The Balaban J connectivity index is 2.68. The molecule has 0 aromatic heterocycles. The van der Waals surface area contributed by atoms with Gasteiger partial charge >= 0.3 is 0 Å². The first kappa shape index (κ1) is 9.18. The van der Waals surface area contributed by atoms with Gasteiger partial charge in [-0.15, -0.1) is 0 Å². The summed E-state index contributed by atoms with van der Waals surface area (Å²) >= 11 is 0. The predicted octanol–water partition coefficient (Wildman–Crippen LogP) is 2.59. The van der Waals surface area contributed by atoms with Crippen LogP contribution in [0.15, 0.2) is 34.8 Å². The fourth-order valence-electron chi connectivity index (χ4n) is 1.58. The van der Waals surface area contributed by atoms with E-state index < -0.39 is 0 Å². The van der Waals surface area contributed by atoms with E-state index >= 15 is 0 Å². The molecule has 1 aliphatic heterocycles. The highest BCUT2D eigenvalue weighted by atomic mass is 14.7. The highest BCUT2D eigenvalue weighted by Gasteiger charge is 2.14. The van der Waals surface area contributed by atoms with Crippen molar-refractivity contribution in [2.75, 3.05) is 0 Å². The third-order valence-electron chi connectivity index (χ3n) is 2.28. The number of hydrogen-bond acceptors (Lipinski definition) is 3. The third kappa shape index (κ3) is 1.51. The van der Waals surface area contributed by atoms with Crippen LogP contribution in [0.1, 0.15) is 12.0 Å². The van der Waals surface area contributed by atoms with Gasteiger partial charge in [-0.1, -0.05) is 18.2 Å². The van der Waals surface area contributed by atoms with Gasteiger partial charge in [0.05, 0.1) is 5.69 Å². The molecule has 1 heterocycles. The lowest BCUT2D eigenvalue weighted by Crippen LogP contribution is -1.95. The number of hydrogen-bond donors (Lipinski definition) is 0. The van der Waals surface area contributed by atoms with Gasteiger partial charge in [0, 0.05) is 18.2 Å². The Hall–Kier alpha value is -2.39. The van der Waals surface area contributed by atoms with E-state index in [1.807, 2.05) is 36.4 Å². The highest BCUT2D eigenvalue weighted by molar-refractivity contribution is 5.93. The molecule has 1 aliphatic rings. The first-order chi connectivity index (χ1) is 7.36. The van der Waals surface area contributed by atoms with Gasteiger partial charge in [0.25, 0.3) is 0 Å². The number of aliphatic imine (C=N–C) groups is 1. The van der Waals surface area contributed by atoms with Crippen molar-refractivity contribution in [3.05, 3.63) is 35.4 Å². The van der Waals surface area contributed by atoms with Crippen LogP contribution < -0.4 is 0 Å². The summed E-state index contributed by atoms with van der Waals surface area (Å²) in [7, 11) is 0. The molecule has 0 bridgehead atoms. The molecule has 70 valence electrons. The predicted molar refractivity (Wildman–Crippen MR) is 57.4 cm³/mol. The van der Waals surface area contributed by atoms with Gasteiger partial charge in [-0.2, -0.15) is 10.5 Å². The largest absolute Gasteiger partial charge is 0.260 e. The van der Waals surface area contributed by atoms with Crippen LogP contribution in [0.2, 0.25) is 0 Å². The van der Waals surface area contributed by atoms with E-state index in [2.05, 4.69) is 4.99 Å². The van der Waals surface area contributed by atoms with Crippen molar-refractivity contribution >= 4 is 17.5 Å². The molecule has 0 N–H and O–H groups in total. The van der Waals surface area contributed by atoms with Crippen molar-refractivity contribution in [2.24, 2.45) is 4.99 Å². The van der Waals surface area contributed by atoms with Crippen molar-refractivity contribution in [3.8, 4) is 12.1 Å². The van der Waals surface area contributed by atoms with Crippen molar-refractivity contribution in [1.29, 1.82) is 10.5 Å². The topological polar surface area (TPSA) is 59.9 Å². The number of nitrogens with zero attached hydrogens (tertiary/aromatic N) is 3. The molecule has 15 heavy (non-hydrogen) atoms. The van der Waals surface area contributed by atoms with Crippen molar-refractivity contribution in [3.63, 3.8) is 0 Å². The minimum Gasteiger partial charge on any atom is -0.260 e. The summed E-state index contributed by atoms with van der Waals surface area (Å²) < 4.78 is 0. The second kappa shape index (κ2) is 3.77. The number of benzene rings is 1. The molecular weight excluding hydrogens is 186 g/mol. The molecule has 0 radical (unpaired) electrons. The molecule has 0 saturated heterocycles. The Morgan fingerprint density at radius 2 is 1.93 bits per heavy atom. The maximum absolute atomic E-state index is 8.83. The van der Waals surface area contributed by atoms with E-state index in [1.165, 1.54) is 0 Å². The van der Waals surface area contributed by atoms with Gasteiger partial charge in [0.1, 0.15) is 17.7 Å². The second-order valence-electron chi connectivity index (χ2n) is 3.11. The molecule has 0 amide bonds. The molecule has 1 aromatic rings. The van der Waals surface area contributed by atoms with Gasteiger partial charge < -0.3 is 0 Å². The number of allylic oxidation sites excluding steroid dienone is 2. The van der Waals surface area contributed by atoms with Crippen molar-refractivity contribution in [1.82, 2.24) is 0 Å². The summed E-state index contributed by atoms with van der Waals surface area (Å²) in [5, 5.41) is 17.7. The SMILES string of the molecule is N#CC(C#N)=C1CC=Nc2ccccc21. The average Bonchev–Trinajstić information content (AvgIpc) is 2.31. The fraction of sp³-hybridized carbons (Fsp3) is 0.0833. The summed E-state index contributed by atoms with van der Waals surface area (Å²) in [5.74, 6) is 0. The quantitative estimate of drug-likeness (QED) is 0.594. The number of rotatable bonds is 0. The molecule has 0 unspecified atom stereocenters. The summed E-state index contributed by atoms with van der Waals surface area (Å²) in [6.45, 7) is 0. The van der Waals surface area contributed by atoms with Crippen LogP contribution in [-0.4, -0.2) is 6.21 Å². The zero-order valence-electron chi connectivity index (χ0n) is 7.94. The Labute approximate surface area is 87.6 Å². The van der Waals surface area contributed by atoms with E-state index in [9.17, 15) is 0 Å². The van der Waals surface area contributed by atoms with Gasteiger partial charge in [0.2, 0.25) is 0 Å². The molecule has 0 aliphatic carbocycles. The lowest BCUT2D eigenvalue weighted by atomic mass is 9.95. The molecule has 0 atom stereocenters. The van der Waals surface area contributed by atoms with Crippen LogP contribution in [-0.2, 0) is 0 Å². The lowest BCUT2D eigenvalue weighted by Gasteiger charge is -2.12. The van der Waals surface area contributed by atoms with Crippen LogP contribution in [0, 0.1) is 22.7 Å². The first-order valence-corrected chi connectivity index (χ1v) is 4.52. The fourth-order valence-corrected chi connectivity index (χ4v) is 1.58. The van der Waals surface area contributed by atoms with Crippen LogP contribution in [0.4, 0.5) is 5.69 Å². The van der Waals surface area contributed by atoms with E-state index in [-0.39, 0.29) is 5.57 Å². The standard InChI is InChI=1S/C12H7N3/c13-7-9(8-14)10-5-6-15-12-4-2-1-3-11(10)12/h1-4,6H,5H2. The third-order valence-corrected chi connectivity index (χ3v) is 2.28. The van der Waals surface area contributed by atoms with Gasteiger partial charge in [-0.25, -0.2) is 0 Å². The zero-order chi connectivity index (χ0) is 10.7. The highest BCUT2D eigenvalue weighted by Crippen LogP contribution is 2.33. The summed E-state index contributed by atoms with van der Waals surface area (Å²) in [4.78, 5) is 4.22. The molecule has 0 spiro atoms. The summed E-state index contributed by atoms with van der Waals surface area (Å²) in [6, 6.07) is 11.4. The van der Waals surface area contributed by atoms with Crippen molar-refractivity contribution in [2.45, 2.75) is 6.42 Å². The van der Waals surface area contributed by atoms with E-state index in [1.54, 1.807) is 6.21 Å². The Morgan fingerprint density at radius 1 is 1.20 bits per heavy atom. The molecular formula is C12H7N3. The van der Waals surface area contributed by atoms with Crippen LogP contribution >= 0.6 is 0 Å². The maximum atomic E-state index is 8.83. The monoisotopic (exact) mass is 193 g/mol. The molecule has 1 aromatic carbocycles. The molecule has 0 saturated carbocycles. The van der Waals surface area contributed by atoms with E-state index in [0.29, 0.717) is 6.42 Å². The normalized spacial score (nSPS) is 12.5. The minimum atomic E-state index is 0.175. The summed E-state index contributed by atoms with van der Waals surface area (Å²) in [6.07, 6.45) is 2.28. The van der Waals surface area contributed by atoms with Crippen LogP contribution in [0.5, 0.6) is 0 Å². The molecule has 3 nitrogen and oxygen atoms in total. The molecule has 3 heteroatoms. The zero-order valence-corrected chi connectivity index (χ0v) is 7.94. The van der Waals surface area contributed by atoms with Gasteiger partial charge in [-0.3, -0.25) is 4.99 Å². The minimum absolute atomic E-state index is 0.175. The number of fused-ring (bicyclic) bond motifs is 1. The van der Waals surface area contributed by atoms with Crippen LogP contribution in [0.3, 0.4) is 0 Å². The van der Waals surface area contributed by atoms with E-state index in [0.717, 1.165) is 16.8 Å². The average molecular weight is 193 g/mol. The summed E-state index contributed by atoms with van der Waals surface area (Å²) in [5.41, 5.74) is 2.65. The number of para-hydroxylation sites is 1. The lowest BCUT2D eigenvalue weighted by molar-refractivity contribution is 1.35. The Kier molecular flexibility index (Phi) is 2.31. The molecule has 0 fully saturated rings. The Morgan fingerprint density at radius 3 is 2.67 bits per heavy atom. The van der Waals surface area contributed by atoms with Crippen LogP contribution in [0.25, 0.3) is 5.57 Å². The smallest absolute Gasteiger partial charge is 0.133 e. The maximum Gasteiger partial charge on any atom is 0.133 e. The second-order valence-corrected chi connectivity index (χ2v) is 3.11. The van der Waals surface area contributed by atoms with Gasteiger partial charge in [0.15, 0.2) is 0 Å². The van der Waals surface area contributed by atoms with Gasteiger partial charge in [-0.05, 0) is 11.6 Å². The molecule has 2 rings (SSSR count). The number of nitriles is 2. The van der Waals surface area contributed by atoms with E-state index in [4.69, 9.17) is 10.5 Å².